The second-order valence-electron chi connectivity index (χ2n) is 3.30. The highest BCUT2D eigenvalue weighted by atomic mass is 79.9. The van der Waals surface area contributed by atoms with Crippen molar-refractivity contribution in [2.24, 2.45) is 0 Å². The van der Waals surface area contributed by atoms with Crippen molar-refractivity contribution in [3.63, 3.8) is 0 Å². The highest BCUT2D eigenvalue weighted by molar-refractivity contribution is 9.10. The lowest BCUT2D eigenvalue weighted by atomic mass is 10.1. The molecule has 0 saturated heterocycles. The lowest BCUT2D eigenvalue weighted by Gasteiger charge is -2.12. The van der Waals surface area contributed by atoms with Crippen LogP contribution in [-0.2, 0) is 0 Å². The normalized spacial score (nSPS) is 12.8. The molecule has 1 nitrogen and oxygen atoms in total. The third-order valence-electron chi connectivity index (χ3n) is 2.25. The summed E-state index contributed by atoms with van der Waals surface area (Å²) >= 11 is 16.0. The molecule has 2 rings (SSSR count). The first-order valence-corrected chi connectivity index (χ1v) is 6.99. The molecule has 6 heteroatoms. The van der Waals surface area contributed by atoms with Crippen LogP contribution in [0.4, 0.5) is 4.39 Å². The van der Waals surface area contributed by atoms with Crippen LogP contribution in [-0.4, -0.2) is 5.11 Å². The first kappa shape index (κ1) is 13.3. The number of hydrogen-bond acceptors (Lipinski definition) is 2. The minimum absolute atomic E-state index is 0.0470. The molecule has 1 atom stereocenters. The van der Waals surface area contributed by atoms with Gasteiger partial charge in [0, 0.05) is 10.0 Å². The number of thiophene rings is 1. The van der Waals surface area contributed by atoms with Gasteiger partial charge in [-0.25, -0.2) is 4.39 Å². The van der Waals surface area contributed by atoms with Crippen molar-refractivity contribution in [2.75, 3.05) is 0 Å². The van der Waals surface area contributed by atoms with Gasteiger partial charge < -0.3 is 5.11 Å². The van der Waals surface area contributed by atoms with E-state index in [2.05, 4.69) is 15.9 Å². The van der Waals surface area contributed by atoms with E-state index < -0.39 is 11.9 Å². The maximum absolute atomic E-state index is 13.9. The Hall–Kier alpha value is -0.130. The third kappa shape index (κ3) is 2.51. The molecule has 0 spiro atoms. The molecule has 0 aliphatic rings. The number of rotatable bonds is 2. The van der Waals surface area contributed by atoms with Gasteiger partial charge in [-0.15, -0.1) is 11.3 Å². The molecule has 0 amide bonds. The van der Waals surface area contributed by atoms with E-state index in [0.29, 0.717) is 14.4 Å². The van der Waals surface area contributed by atoms with E-state index in [1.807, 2.05) is 0 Å². The Balaban J connectivity index is 2.48. The van der Waals surface area contributed by atoms with Crippen LogP contribution in [0.1, 0.15) is 16.5 Å². The average molecular weight is 356 g/mol. The van der Waals surface area contributed by atoms with Crippen LogP contribution in [0.3, 0.4) is 0 Å². The molecule has 17 heavy (non-hydrogen) atoms. The monoisotopic (exact) mass is 354 g/mol. The fourth-order valence-electron chi connectivity index (χ4n) is 1.39. The van der Waals surface area contributed by atoms with Crippen LogP contribution < -0.4 is 0 Å². The summed E-state index contributed by atoms with van der Waals surface area (Å²) in [5, 5.41) is 12.2. The van der Waals surface area contributed by atoms with Crippen molar-refractivity contribution in [1.82, 2.24) is 0 Å². The van der Waals surface area contributed by atoms with Crippen molar-refractivity contribution in [3.05, 3.63) is 54.4 Å². The second kappa shape index (κ2) is 5.24. The Morgan fingerprint density at radius 1 is 1.29 bits per heavy atom. The van der Waals surface area contributed by atoms with Crippen LogP contribution in [0.25, 0.3) is 0 Å². The molecule has 1 N–H and O–H groups in total. The van der Waals surface area contributed by atoms with Gasteiger partial charge in [0.15, 0.2) is 0 Å². The molecule has 1 unspecified atom stereocenters. The zero-order valence-electron chi connectivity index (χ0n) is 8.25. The summed E-state index contributed by atoms with van der Waals surface area (Å²) < 4.78 is 14.3. The molecule has 0 bridgehead atoms. The Morgan fingerprint density at radius 3 is 2.59 bits per heavy atom. The van der Waals surface area contributed by atoms with Gasteiger partial charge in [0.1, 0.15) is 11.9 Å². The standard InChI is InChI=1S/C11H6BrCl2FOS/c12-6-2-1-5(9(15)8(6)14)10(16)11-7(13)3-4-17-11/h1-4,10,16H. The minimum Gasteiger partial charge on any atom is -0.383 e. The zero-order valence-corrected chi connectivity index (χ0v) is 12.2. The summed E-state index contributed by atoms with van der Waals surface area (Å²) in [5.41, 5.74) is 0.113. The Bertz CT molecular complexity index is 558. The fraction of sp³-hybridized carbons (Fsp3) is 0.0909. The van der Waals surface area contributed by atoms with Crippen molar-refractivity contribution >= 4 is 50.5 Å². The predicted molar refractivity (Wildman–Crippen MR) is 72.5 cm³/mol. The smallest absolute Gasteiger partial charge is 0.149 e. The molecule has 0 fully saturated rings. The van der Waals surface area contributed by atoms with Crippen LogP contribution in [0.5, 0.6) is 0 Å². The van der Waals surface area contributed by atoms with Gasteiger partial charge in [-0.2, -0.15) is 0 Å². The van der Waals surface area contributed by atoms with E-state index in [-0.39, 0.29) is 10.6 Å². The molecule has 0 saturated carbocycles. The quantitative estimate of drug-likeness (QED) is 0.748. The average Bonchev–Trinajstić information content (AvgIpc) is 2.72. The van der Waals surface area contributed by atoms with E-state index in [0.717, 1.165) is 0 Å². The SMILES string of the molecule is OC(c1ccc(Br)c(Cl)c1F)c1sccc1Cl. The van der Waals surface area contributed by atoms with E-state index in [1.165, 1.54) is 17.4 Å². The number of benzene rings is 1. The Kier molecular flexibility index (Phi) is 4.10. The maximum Gasteiger partial charge on any atom is 0.149 e. The number of aliphatic hydroxyl groups excluding tert-OH is 1. The molecule has 0 radical (unpaired) electrons. The van der Waals surface area contributed by atoms with Crippen molar-refractivity contribution in [3.8, 4) is 0 Å². The van der Waals surface area contributed by atoms with Crippen molar-refractivity contribution < 1.29 is 9.50 Å². The van der Waals surface area contributed by atoms with Gasteiger partial charge in [0.05, 0.1) is 14.9 Å². The molecule has 90 valence electrons. The lowest BCUT2D eigenvalue weighted by Crippen LogP contribution is -2.02. The highest BCUT2D eigenvalue weighted by Crippen LogP contribution is 2.37. The topological polar surface area (TPSA) is 20.2 Å². The van der Waals surface area contributed by atoms with E-state index in [9.17, 15) is 9.50 Å². The Labute approximate surface area is 120 Å². The van der Waals surface area contributed by atoms with Crippen LogP contribution in [0.2, 0.25) is 10.0 Å². The summed E-state index contributed by atoms with van der Waals surface area (Å²) in [4.78, 5) is 0.504. The number of halogens is 4. The van der Waals surface area contributed by atoms with E-state index >= 15 is 0 Å². The number of aliphatic hydroxyl groups is 1. The molecular weight excluding hydrogens is 350 g/mol. The molecular formula is C11H6BrCl2FOS. The second-order valence-corrected chi connectivity index (χ2v) is 5.89. The van der Waals surface area contributed by atoms with Gasteiger partial charge in [-0.05, 0) is 33.4 Å². The minimum atomic E-state index is -1.10. The molecule has 0 aliphatic heterocycles. The summed E-state index contributed by atoms with van der Waals surface area (Å²) in [5.74, 6) is -0.641. The fourth-order valence-corrected chi connectivity index (χ4v) is 3.03. The first-order chi connectivity index (χ1) is 8.02. The van der Waals surface area contributed by atoms with Gasteiger partial charge in [-0.1, -0.05) is 29.3 Å². The van der Waals surface area contributed by atoms with Crippen LogP contribution in [0.15, 0.2) is 28.1 Å². The van der Waals surface area contributed by atoms with E-state index in [4.69, 9.17) is 23.2 Å². The maximum atomic E-state index is 13.9. The van der Waals surface area contributed by atoms with Gasteiger partial charge in [0.2, 0.25) is 0 Å². The number of hydrogen-bond donors (Lipinski definition) is 1. The van der Waals surface area contributed by atoms with Crippen LogP contribution in [0, 0.1) is 5.82 Å². The third-order valence-corrected chi connectivity index (χ3v) is 4.92. The largest absolute Gasteiger partial charge is 0.383 e. The zero-order chi connectivity index (χ0) is 12.6. The van der Waals surface area contributed by atoms with Crippen molar-refractivity contribution in [2.45, 2.75) is 6.10 Å². The summed E-state index contributed by atoms with van der Waals surface area (Å²) in [6.07, 6.45) is -1.10. The summed E-state index contributed by atoms with van der Waals surface area (Å²) in [7, 11) is 0. The molecule has 1 heterocycles. The first-order valence-electron chi connectivity index (χ1n) is 4.56. The van der Waals surface area contributed by atoms with Gasteiger partial charge >= 0.3 is 0 Å². The van der Waals surface area contributed by atoms with Crippen molar-refractivity contribution in [1.29, 1.82) is 0 Å². The Morgan fingerprint density at radius 2 is 2.00 bits per heavy atom. The summed E-state index contributed by atoms with van der Waals surface area (Å²) in [6, 6.07) is 4.72. The van der Waals surface area contributed by atoms with E-state index in [1.54, 1.807) is 17.5 Å². The van der Waals surface area contributed by atoms with Gasteiger partial charge in [0.25, 0.3) is 0 Å². The molecule has 0 aliphatic carbocycles. The molecule has 1 aromatic heterocycles. The lowest BCUT2D eigenvalue weighted by molar-refractivity contribution is 0.219. The predicted octanol–water partition coefficient (Wildman–Crippen LogP) is 5.04. The molecule has 1 aromatic carbocycles. The molecule has 2 aromatic rings. The summed E-state index contributed by atoms with van der Waals surface area (Å²) in [6.45, 7) is 0. The highest BCUT2D eigenvalue weighted by Gasteiger charge is 2.21. The van der Waals surface area contributed by atoms with Gasteiger partial charge in [-0.3, -0.25) is 0 Å². The van der Waals surface area contributed by atoms with Crippen LogP contribution >= 0.6 is 50.5 Å².